The van der Waals surface area contributed by atoms with Crippen LogP contribution in [-0.4, -0.2) is 106 Å². The molecule has 100 heavy (non-hydrogen) atoms. The first kappa shape index (κ1) is 81.9. The smallest absolute Gasteiger partial charge is 0.460 e. The van der Waals surface area contributed by atoms with Gasteiger partial charge in [0.2, 0.25) is 21.8 Å². The molecule has 0 fully saturated rings. The van der Waals surface area contributed by atoms with E-state index in [0.717, 1.165) is 42.7 Å². The SMILES string of the molecule is Cc1cc(CC(=O)OC(C)(C)C)c(C(C)(C)CC(=O)N(c2nn(CC(F)(F)F)c3c(-c4ccc(C#CC(C)(C)S(C)(=O)=O)nc4[C@H](Cc4cc(F)cc(F)c4)NC(=O)Cn4nc(C(F)(F)F)c([C@@H](C)[C@@H](C)CF)c4CF)ccc(Cl)c23)S(C)(=O)=O)c(OP(=O)(OC(C)(C)C)OC(C)(C)C)c1. The molecule has 3 aromatic carbocycles. The number of carbonyl (C=O) groups is 3. The van der Waals surface area contributed by atoms with E-state index >= 15 is 31.1 Å². The largest absolute Gasteiger partial charge is 0.531 e. The molecule has 550 valence electrons. The van der Waals surface area contributed by atoms with Crippen LogP contribution in [0.1, 0.15) is 173 Å². The molecule has 0 aliphatic rings. The standard InChI is InChI=1S/C67H81ClF10N7O12PS2/c1-37-25-41(30-53(88)94-61(4,5)6)56(50(26-37)95-98(89,96-62(7,8)9)97-63(10,11)12)64(13,14)32-52(87)85(100(18,92)93)60-55-47(68)22-21-46(58(55)84(82-60)36-66(73,74)75)45-20-19-44(23-24-65(15,16)99(17,90)91)79-57(45)48(29-40-27-42(71)31-43(72)28-40)80-51(86)35-83-49(34-70)54(39(3)38(2)33-69)59(81-83)67(76,77)78/h19-22,25-28,31,38-39,48H,29-30,32-36H2,1-18H3,(H,80,86)/t38-,39-,48-/m0/s1. The van der Waals surface area contributed by atoms with Crippen molar-refractivity contribution in [2.24, 2.45) is 5.92 Å². The summed E-state index contributed by atoms with van der Waals surface area (Å²) in [4.78, 5) is 48.5. The third-order valence-corrected chi connectivity index (χ3v) is 20.5. The molecule has 0 bridgehead atoms. The highest BCUT2D eigenvalue weighted by Crippen LogP contribution is 2.57. The number of carbonyl (C=O) groups excluding carboxylic acids is 3. The van der Waals surface area contributed by atoms with E-state index in [1.165, 1.54) is 53.7 Å². The highest BCUT2D eigenvalue weighted by molar-refractivity contribution is 7.93. The summed E-state index contributed by atoms with van der Waals surface area (Å²) in [6, 6.07) is 7.65. The average molecular weight is 1500 g/mol. The first-order valence-corrected chi connectivity index (χ1v) is 36.6. The molecule has 0 saturated carbocycles. The van der Waals surface area contributed by atoms with Gasteiger partial charge in [0.05, 0.1) is 63.9 Å². The van der Waals surface area contributed by atoms with Crippen molar-refractivity contribution >= 4 is 73.8 Å². The molecule has 2 amide bonds. The van der Waals surface area contributed by atoms with Crippen LogP contribution in [0.5, 0.6) is 5.75 Å². The van der Waals surface area contributed by atoms with E-state index in [-0.39, 0.29) is 42.7 Å². The van der Waals surface area contributed by atoms with Crippen molar-refractivity contribution in [3.05, 3.63) is 122 Å². The number of nitrogens with one attached hydrogen (secondary N) is 1. The normalized spacial score (nSPS) is 14.1. The van der Waals surface area contributed by atoms with Gasteiger partial charge in [-0.3, -0.25) is 37.2 Å². The lowest BCUT2D eigenvalue weighted by atomic mass is 9.77. The minimum Gasteiger partial charge on any atom is -0.460 e. The zero-order valence-corrected chi connectivity index (χ0v) is 61.7. The molecule has 3 aromatic heterocycles. The number of benzene rings is 3. The Morgan fingerprint density at radius 3 is 1.87 bits per heavy atom. The number of aryl methyl sites for hydroxylation is 1. The molecule has 0 unspecified atom stereocenters. The van der Waals surface area contributed by atoms with Gasteiger partial charge in [-0.05, 0) is 160 Å². The van der Waals surface area contributed by atoms with E-state index in [0.29, 0.717) is 22.6 Å². The first-order chi connectivity index (χ1) is 45.4. The van der Waals surface area contributed by atoms with Crippen LogP contribution < -0.4 is 14.1 Å². The number of hydrogen-bond acceptors (Lipinski definition) is 15. The first-order valence-electron chi connectivity index (χ1n) is 31.0. The summed E-state index contributed by atoms with van der Waals surface area (Å²) in [5.74, 6) is -4.40. The van der Waals surface area contributed by atoms with Crippen molar-refractivity contribution in [1.29, 1.82) is 0 Å². The number of alkyl halides is 8. The molecule has 0 saturated heterocycles. The van der Waals surface area contributed by atoms with Crippen LogP contribution in [0.2, 0.25) is 5.02 Å². The third-order valence-electron chi connectivity index (χ3n) is 15.2. The summed E-state index contributed by atoms with van der Waals surface area (Å²) in [5, 5.41) is 9.03. The number of phosphoric acid groups is 1. The van der Waals surface area contributed by atoms with Gasteiger partial charge >= 0.3 is 26.1 Å². The zero-order chi connectivity index (χ0) is 76.0. The predicted octanol–water partition coefficient (Wildman–Crippen LogP) is 15.2. The highest BCUT2D eigenvalue weighted by Gasteiger charge is 2.46. The Kier molecular flexibility index (Phi) is 24.3. The Balaban J connectivity index is 1.68. The van der Waals surface area contributed by atoms with Crippen LogP contribution in [0.4, 0.5) is 49.7 Å². The summed E-state index contributed by atoms with van der Waals surface area (Å²) < 4.78 is 242. The molecule has 0 spiro atoms. The summed E-state index contributed by atoms with van der Waals surface area (Å²) in [6.07, 6.45) is -11.4. The number of esters is 1. The topological polar surface area (TPSA) is 237 Å². The molecule has 33 heteroatoms. The van der Waals surface area contributed by atoms with Crippen molar-refractivity contribution in [3.63, 3.8) is 0 Å². The second kappa shape index (κ2) is 29.7. The number of aromatic nitrogens is 5. The fraction of sp³-hybridized carbons (Fsp3) is 0.522. The van der Waals surface area contributed by atoms with Gasteiger partial charge in [0.25, 0.3) is 0 Å². The molecular formula is C67H81ClF10N7O12PS2. The van der Waals surface area contributed by atoms with Crippen molar-refractivity contribution in [2.45, 2.75) is 201 Å². The Morgan fingerprint density at radius 1 is 0.780 bits per heavy atom. The second-order valence-corrected chi connectivity index (χ2v) is 34.8. The van der Waals surface area contributed by atoms with Gasteiger partial charge in [-0.25, -0.2) is 39.6 Å². The lowest BCUT2D eigenvalue weighted by Crippen LogP contribution is -2.40. The molecule has 1 N–H and O–H groups in total. The number of rotatable bonds is 24. The number of anilines is 1. The van der Waals surface area contributed by atoms with Crippen molar-refractivity contribution in [1.82, 2.24) is 29.9 Å². The summed E-state index contributed by atoms with van der Waals surface area (Å²) in [7, 11) is -13.8. The van der Waals surface area contributed by atoms with Crippen LogP contribution in [-0.2, 0) is 96.8 Å². The van der Waals surface area contributed by atoms with Gasteiger partial charge in [-0.1, -0.05) is 57.3 Å². The van der Waals surface area contributed by atoms with Gasteiger partial charge in [0, 0.05) is 46.4 Å². The number of hydrogen-bond donors (Lipinski definition) is 1. The lowest BCUT2D eigenvalue weighted by molar-refractivity contribution is -0.154. The number of sulfone groups is 1. The predicted molar refractivity (Wildman–Crippen MR) is 357 cm³/mol. The van der Waals surface area contributed by atoms with Gasteiger partial charge in [-0.15, -0.1) is 0 Å². The zero-order valence-electron chi connectivity index (χ0n) is 58.4. The van der Waals surface area contributed by atoms with Crippen molar-refractivity contribution in [3.8, 4) is 28.7 Å². The number of amides is 2. The Labute approximate surface area is 580 Å². The number of ether oxygens (including phenoxy) is 1. The van der Waals surface area contributed by atoms with Crippen LogP contribution in [0, 0.1) is 36.3 Å². The minimum atomic E-state index is -5.28. The van der Waals surface area contributed by atoms with Crippen molar-refractivity contribution in [2.75, 3.05) is 23.5 Å². The molecular weight excluding hydrogens is 1420 g/mol. The van der Waals surface area contributed by atoms with Crippen LogP contribution in [0.15, 0.2) is 54.6 Å². The molecule has 19 nitrogen and oxygen atoms in total. The van der Waals surface area contributed by atoms with Crippen LogP contribution >= 0.6 is 19.4 Å². The van der Waals surface area contributed by atoms with Crippen molar-refractivity contribution < 1.29 is 98.0 Å². The Hall–Kier alpha value is -7.10. The van der Waals surface area contributed by atoms with Gasteiger partial charge < -0.3 is 14.6 Å². The van der Waals surface area contributed by atoms with E-state index in [1.54, 1.807) is 69.2 Å². The van der Waals surface area contributed by atoms with E-state index < -0.39 is 210 Å². The van der Waals surface area contributed by atoms with E-state index in [4.69, 9.17) is 29.9 Å². The van der Waals surface area contributed by atoms with Crippen LogP contribution in [0.25, 0.3) is 22.0 Å². The third kappa shape index (κ3) is 20.8. The number of nitrogens with zero attached hydrogens (tertiary/aromatic N) is 6. The molecule has 3 atom stereocenters. The van der Waals surface area contributed by atoms with Gasteiger partial charge in [0.1, 0.15) is 53.2 Å². The fourth-order valence-electron chi connectivity index (χ4n) is 10.9. The fourth-order valence-corrected chi connectivity index (χ4v) is 14.1. The Morgan fingerprint density at radius 2 is 1.36 bits per heavy atom. The summed E-state index contributed by atoms with van der Waals surface area (Å²) >= 11 is 6.97. The maximum atomic E-state index is 15.5. The number of sulfonamides is 1. The average Bonchev–Trinajstić information content (AvgIpc) is 1.52. The molecule has 0 radical (unpaired) electrons. The van der Waals surface area contributed by atoms with Crippen LogP contribution in [0.3, 0.4) is 0 Å². The maximum absolute atomic E-state index is 15.5. The van der Waals surface area contributed by atoms with E-state index in [9.17, 15) is 48.6 Å². The molecule has 6 rings (SSSR count). The summed E-state index contributed by atoms with van der Waals surface area (Å²) in [6.45, 7) is 17.5. The molecule has 3 heterocycles. The molecule has 0 aliphatic heterocycles. The number of pyridine rings is 1. The monoisotopic (exact) mass is 1500 g/mol. The molecule has 6 aromatic rings. The number of phosphoric ester groups is 1. The second-order valence-electron chi connectivity index (χ2n) is 28.6. The van der Waals surface area contributed by atoms with E-state index in [2.05, 4.69) is 32.3 Å². The minimum absolute atomic E-state index is 0.0365. The number of fused-ring (bicyclic) bond motifs is 1. The maximum Gasteiger partial charge on any atom is 0.531 e. The Bertz CT molecular complexity index is 4430. The van der Waals surface area contributed by atoms with E-state index in [1.807, 2.05) is 0 Å². The molecule has 0 aliphatic carbocycles. The summed E-state index contributed by atoms with van der Waals surface area (Å²) in [5.41, 5.74) is -10.5. The number of halogens is 11. The van der Waals surface area contributed by atoms with Gasteiger partial charge in [0.15, 0.2) is 21.3 Å². The van der Waals surface area contributed by atoms with Gasteiger partial charge in [-0.2, -0.15) is 40.8 Å². The highest BCUT2D eigenvalue weighted by atomic mass is 35.5. The lowest BCUT2D eigenvalue weighted by Gasteiger charge is -2.34. The quantitative estimate of drug-likeness (QED) is 0.0257.